The molecular formula is C16H12O3. The monoisotopic (exact) mass is 252 g/mol. The molecule has 0 radical (unpaired) electrons. The van der Waals surface area contributed by atoms with Crippen LogP contribution in [0, 0.1) is 11.8 Å². The van der Waals surface area contributed by atoms with Crippen LogP contribution in [0.4, 0.5) is 0 Å². The lowest BCUT2D eigenvalue weighted by molar-refractivity contribution is 0.0947. The first-order valence-corrected chi connectivity index (χ1v) is 6.52. The summed E-state index contributed by atoms with van der Waals surface area (Å²) in [5.74, 6) is -0.217. The molecule has 94 valence electrons. The van der Waals surface area contributed by atoms with Crippen LogP contribution in [0.3, 0.4) is 0 Å². The van der Waals surface area contributed by atoms with Crippen molar-refractivity contribution in [2.75, 3.05) is 0 Å². The zero-order valence-corrected chi connectivity index (χ0v) is 10.2. The Bertz CT molecular complexity index is 694. The zero-order chi connectivity index (χ0) is 13.1. The van der Waals surface area contributed by atoms with E-state index >= 15 is 0 Å². The number of ketones is 2. The minimum Gasteiger partial charge on any atom is -0.507 e. The van der Waals surface area contributed by atoms with Gasteiger partial charge in [0.2, 0.25) is 0 Å². The smallest absolute Gasteiger partial charge is 0.194 e. The summed E-state index contributed by atoms with van der Waals surface area (Å²) in [5, 5.41) is 9.89. The predicted molar refractivity (Wildman–Crippen MR) is 69.1 cm³/mol. The molecule has 0 saturated carbocycles. The Morgan fingerprint density at radius 2 is 1.58 bits per heavy atom. The molecule has 5 rings (SSSR count). The first-order chi connectivity index (χ1) is 9.18. The van der Waals surface area contributed by atoms with E-state index < -0.39 is 0 Å². The Morgan fingerprint density at radius 1 is 0.947 bits per heavy atom. The first-order valence-electron chi connectivity index (χ1n) is 6.52. The fourth-order valence-electron chi connectivity index (χ4n) is 3.53. The van der Waals surface area contributed by atoms with E-state index in [0.717, 1.165) is 12.8 Å². The fraction of sp³-hybridized carbons (Fsp3) is 0.250. The van der Waals surface area contributed by atoms with Crippen LogP contribution in [0.2, 0.25) is 0 Å². The standard InChI is InChI=1S/C16H12O3/c17-11-3-1-2-10-14(11)16(19)13-9-6-4-8(5-7-9)12(13)15(10)18/h1-4,6,8-9,17H,5,7H2. The molecule has 0 amide bonds. The van der Waals surface area contributed by atoms with Gasteiger partial charge in [-0.1, -0.05) is 24.3 Å². The summed E-state index contributed by atoms with van der Waals surface area (Å²) in [6.45, 7) is 0. The first kappa shape index (κ1) is 10.7. The molecule has 2 unspecified atom stereocenters. The van der Waals surface area contributed by atoms with Crippen LogP contribution in [0.25, 0.3) is 0 Å². The Balaban J connectivity index is 2.01. The van der Waals surface area contributed by atoms with E-state index in [4.69, 9.17) is 0 Å². The molecule has 3 heteroatoms. The van der Waals surface area contributed by atoms with E-state index in [2.05, 4.69) is 0 Å². The molecule has 19 heavy (non-hydrogen) atoms. The second-order valence-corrected chi connectivity index (χ2v) is 5.36. The largest absolute Gasteiger partial charge is 0.507 e. The van der Waals surface area contributed by atoms with Gasteiger partial charge < -0.3 is 5.11 Å². The summed E-state index contributed by atoms with van der Waals surface area (Å²) in [5.41, 5.74) is 1.83. The molecule has 4 aliphatic rings. The third-order valence-electron chi connectivity index (χ3n) is 4.40. The van der Waals surface area contributed by atoms with E-state index in [1.165, 1.54) is 6.07 Å². The Morgan fingerprint density at radius 3 is 2.21 bits per heavy atom. The molecule has 2 atom stereocenters. The number of fused-ring (bicyclic) bond motifs is 2. The number of hydrogen-bond acceptors (Lipinski definition) is 3. The maximum atomic E-state index is 12.6. The van der Waals surface area contributed by atoms with Crippen LogP contribution in [-0.2, 0) is 0 Å². The number of carbonyl (C=O) groups is 2. The van der Waals surface area contributed by atoms with Crippen LogP contribution in [0.5, 0.6) is 5.75 Å². The van der Waals surface area contributed by atoms with Crippen molar-refractivity contribution < 1.29 is 14.7 Å². The summed E-state index contributed by atoms with van der Waals surface area (Å²) in [7, 11) is 0. The van der Waals surface area contributed by atoms with Gasteiger partial charge in [-0.25, -0.2) is 0 Å². The van der Waals surface area contributed by atoms with Gasteiger partial charge in [-0.05, 0) is 18.9 Å². The second-order valence-electron chi connectivity index (χ2n) is 5.36. The molecule has 4 aliphatic carbocycles. The number of rotatable bonds is 0. The maximum Gasteiger partial charge on any atom is 0.194 e. The van der Waals surface area contributed by atoms with Gasteiger partial charge in [-0.15, -0.1) is 0 Å². The lowest BCUT2D eigenvalue weighted by Gasteiger charge is -2.37. The number of phenols is 1. The highest BCUT2D eigenvalue weighted by Gasteiger charge is 2.43. The van der Waals surface area contributed by atoms with E-state index in [1.807, 2.05) is 12.2 Å². The molecule has 1 aromatic rings. The van der Waals surface area contributed by atoms with Gasteiger partial charge >= 0.3 is 0 Å². The van der Waals surface area contributed by atoms with Crippen molar-refractivity contribution in [3.63, 3.8) is 0 Å². The SMILES string of the molecule is O=C1C2=C(C(=O)c3c(O)cccc31)C1C=CC2CC1. The summed E-state index contributed by atoms with van der Waals surface area (Å²) in [6, 6.07) is 4.71. The topological polar surface area (TPSA) is 54.4 Å². The minimum absolute atomic E-state index is 0.0456. The van der Waals surface area contributed by atoms with Crippen LogP contribution < -0.4 is 0 Å². The van der Waals surface area contributed by atoms with Crippen molar-refractivity contribution in [3.05, 3.63) is 52.6 Å². The summed E-state index contributed by atoms with van der Waals surface area (Å²) >= 11 is 0. The van der Waals surface area contributed by atoms with Crippen molar-refractivity contribution in [2.24, 2.45) is 11.8 Å². The number of aromatic hydroxyl groups is 1. The van der Waals surface area contributed by atoms with Gasteiger partial charge in [0.15, 0.2) is 11.6 Å². The molecular weight excluding hydrogens is 240 g/mol. The summed E-state index contributed by atoms with van der Waals surface area (Å²) in [6.07, 6.45) is 5.93. The third-order valence-corrected chi connectivity index (χ3v) is 4.40. The Hall–Kier alpha value is -2.16. The van der Waals surface area contributed by atoms with Crippen molar-refractivity contribution in [1.82, 2.24) is 0 Å². The second kappa shape index (κ2) is 3.44. The highest BCUT2D eigenvalue weighted by molar-refractivity contribution is 6.28. The van der Waals surface area contributed by atoms with Crippen LogP contribution in [-0.4, -0.2) is 16.7 Å². The number of carbonyl (C=O) groups excluding carboxylic acids is 2. The number of benzene rings is 1. The van der Waals surface area contributed by atoms with Gasteiger partial charge in [0, 0.05) is 28.5 Å². The van der Waals surface area contributed by atoms with E-state index in [1.54, 1.807) is 12.1 Å². The lowest BCUT2D eigenvalue weighted by Crippen LogP contribution is -2.34. The quantitative estimate of drug-likeness (QED) is 0.722. The number of allylic oxidation sites excluding steroid dienone is 4. The molecule has 0 aromatic heterocycles. The molecule has 0 aliphatic heterocycles. The number of Topliss-reactive ketones (excluding diaryl/α,β-unsaturated/α-hetero) is 2. The molecule has 1 aromatic carbocycles. The zero-order valence-electron chi connectivity index (χ0n) is 10.2. The molecule has 0 heterocycles. The maximum absolute atomic E-state index is 12.6. The van der Waals surface area contributed by atoms with Gasteiger partial charge in [0.05, 0.1) is 5.56 Å². The Kier molecular flexibility index (Phi) is 1.94. The lowest BCUT2D eigenvalue weighted by atomic mass is 9.65. The predicted octanol–water partition coefficient (Wildman–Crippen LogP) is 2.66. The van der Waals surface area contributed by atoms with Crippen molar-refractivity contribution in [1.29, 1.82) is 0 Å². The number of phenolic OH excluding ortho intramolecular Hbond substituents is 1. The van der Waals surface area contributed by atoms with E-state index in [0.29, 0.717) is 16.7 Å². The van der Waals surface area contributed by atoms with Crippen LogP contribution >= 0.6 is 0 Å². The Labute approximate surface area is 110 Å². The normalized spacial score (nSPS) is 27.6. The average molecular weight is 252 g/mol. The molecule has 0 spiro atoms. The molecule has 1 N–H and O–H groups in total. The van der Waals surface area contributed by atoms with Crippen molar-refractivity contribution in [2.45, 2.75) is 12.8 Å². The molecule has 0 fully saturated rings. The van der Waals surface area contributed by atoms with Gasteiger partial charge in [0.1, 0.15) is 5.75 Å². The van der Waals surface area contributed by atoms with E-state index in [9.17, 15) is 14.7 Å². The fourth-order valence-corrected chi connectivity index (χ4v) is 3.53. The highest BCUT2D eigenvalue weighted by atomic mass is 16.3. The van der Waals surface area contributed by atoms with Crippen molar-refractivity contribution in [3.8, 4) is 5.75 Å². The highest BCUT2D eigenvalue weighted by Crippen LogP contribution is 2.47. The van der Waals surface area contributed by atoms with E-state index in [-0.39, 0.29) is 34.7 Å². The summed E-state index contributed by atoms with van der Waals surface area (Å²) in [4.78, 5) is 25.2. The third kappa shape index (κ3) is 1.22. The van der Waals surface area contributed by atoms with Crippen LogP contribution in [0.1, 0.15) is 33.6 Å². The average Bonchev–Trinajstić information content (AvgIpc) is 2.45. The van der Waals surface area contributed by atoms with Gasteiger partial charge in [0.25, 0.3) is 0 Å². The van der Waals surface area contributed by atoms with Gasteiger partial charge in [-0.3, -0.25) is 9.59 Å². The number of hydrogen-bond donors (Lipinski definition) is 1. The molecule has 3 nitrogen and oxygen atoms in total. The van der Waals surface area contributed by atoms with Crippen molar-refractivity contribution >= 4 is 11.6 Å². The summed E-state index contributed by atoms with van der Waals surface area (Å²) < 4.78 is 0. The molecule has 2 bridgehead atoms. The minimum atomic E-state index is -0.165. The van der Waals surface area contributed by atoms with Crippen LogP contribution in [0.15, 0.2) is 41.5 Å². The van der Waals surface area contributed by atoms with Gasteiger partial charge in [-0.2, -0.15) is 0 Å². The molecule has 0 saturated heterocycles.